The molecule has 3 heteroatoms. The quantitative estimate of drug-likeness (QED) is 0.779. The van der Waals surface area contributed by atoms with Crippen molar-refractivity contribution in [1.82, 2.24) is 4.90 Å². The Kier molecular flexibility index (Phi) is 5.03. The van der Waals surface area contributed by atoms with Gasteiger partial charge in [0.15, 0.2) is 5.78 Å². The molecule has 0 aliphatic carbocycles. The van der Waals surface area contributed by atoms with Crippen molar-refractivity contribution in [2.45, 2.75) is 33.6 Å². The second-order valence-electron chi connectivity index (χ2n) is 7.15. The van der Waals surface area contributed by atoms with Crippen molar-refractivity contribution in [3.63, 3.8) is 0 Å². The van der Waals surface area contributed by atoms with Gasteiger partial charge in [0.2, 0.25) is 0 Å². The Morgan fingerprint density at radius 3 is 2.20 bits per heavy atom. The van der Waals surface area contributed by atoms with Gasteiger partial charge in [-0.2, -0.15) is 0 Å². The third-order valence-corrected chi connectivity index (χ3v) is 5.24. The molecule has 1 aliphatic heterocycles. The summed E-state index contributed by atoms with van der Waals surface area (Å²) < 4.78 is 0. The molecule has 3 nitrogen and oxygen atoms in total. The molecule has 1 amide bonds. The molecule has 1 saturated heterocycles. The minimum atomic E-state index is -0.0857. The highest BCUT2D eigenvalue weighted by Crippen LogP contribution is 2.22. The van der Waals surface area contributed by atoms with E-state index in [1.165, 1.54) is 0 Å². The van der Waals surface area contributed by atoms with Crippen molar-refractivity contribution in [2.75, 3.05) is 13.1 Å². The van der Waals surface area contributed by atoms with Gasteiger partial charge in [0.25, 0.3) is 5.91 Å². The molecule has 25 heavy (non-hydrogen) atoms. The molecule has 0 saturated carbocycles. The molecule has 130 valence electrons. The molecular formula is C22H25NO2. The first-order chi connectivity index (χ1) is 12.0. The van der Waals surface area contributed by atoms with Gasteiger partial charge in [-0.3, -0.25) is 9.59 Å². The van der Waals surface area contributed by atoms with Crippen LogP contribution in [0.4, 0.5) is 0 Å². The number of ketones is 1. The van der Waals surface area contributed by atoms with Crippen LogP contribution in [0.1, 0.15) is 57.2 Å². The molecule has 1 aliphatic rings. The Morgan fingerprint density at radius 2 is 1.56 bits per heavy atom. The lowest BCUT2D eigenvalue weighted by atomic mass is 9.94. The Labute approximate surface area is 149 Å². The van der Waals surface area contributed by atoms with Crippen LogP contribution < -0.4 is 0 Å². The van der Waals surface area contributed by atoms with E-state index in [2.05, 4.69) is 6.92 Å². The third kappa shape index (κ3) is 3.65. The van der Waals surface area contributed by atoms with Crippen LogP contribution in [0.2, 0.25) is 0 Å². The predicted molar refractivity (Wildman–Crippen MR) is 100 cm³/mol. The molecule has 0 N–H and O–H groups in total. The van der Waals surface area contributed by atoms with Gasteiger partial charge >= 0.3 is 0 Å². The number of hydrogen-bond acceptors (Lipinski definition) is 2. The molecule has 1 heterocycles. The average Bonchev–Trinajstić information content (AvgIpc) is 2.63. The van der Waals surface area contributed by atoms with E-state index >= 15 is 0 Å². The fourth-order valence-electron chi connectivity index (χ4n) is 3.29. The van der Waals surface area contributed by atoms with Crippen LogP contribution in [0.3, 0.4) is 0 Å². The summed E-state index contributed by atoms with van der Waals surface area (Å²) in [5.41, 5.74) is 3.88. The van der Waals surface area contributed by atoms with Gasteiger partial charge in [-0.25, -0.2) is 0 Å². The van der Waals surface area contributed by atoms with Crippen molar-refractivity contribution in [3.05, 3.63) is 70.3 Å². The number of nitrogens with zero attached hydrogens (tertiary/aromatic N) is 1. The monoisotopic (exact) mass is 335 g/mol. The smallest absolute Gasteiger partial charge is 0.254 e. The maximum atomic E-state index is 13.0. The summed E-state index contributed by atoms with van der Waals surface area (Å²) in [7, 11) is 0. The fraction of sp³-hybridized carbons (Fsp3) is 0.364. The van der Waals surface area contributed by atoms with Gasteiger partial charge < -0.3 is 4.90 Å². The maximum Gasteiger partial charge on any atom is 0.254 e. The standard InChI is InChI=1S/C22H25NO2/c1-15-10-12-23(13-11-15)22(25)20-7-5-4-6-19(20)21(24)18-9-8-16(2)17(3)14-18/h4-9,14-15H,10-13H2,1-3H3. The third-order valence-electron chi connectivity index (χ3n) is 5.24. The van der Waals surface area contributed by atoms with Crippen LogP contribution in [-0.2, 0) is 0 Å². The van der Waals surface area contributed by atoms with E-state index in [9.17, 15) is 9.59 Å². The van der Waals surface area contributed by atoms with E-state index in [-0.39, 0.29) is 11.7 Å². The molecule has 3 rings (SSSR count). The molecule has 0 aromatic heterocycles. The Balaban J connectivity index is 1.91. The summed E-state index contributed by atoms with van der Waals surface area (Å²) in [5, 5.41) is 0. The lowest BCUT2D eigenvalue weighted by molar-refractivity contribution is 0.0693. The van der Waals surface area contributed by atoms with Crippen molar-refractivity contribution < 1.29 is 9.59 Å². The topological polar surface area (TPSA) is 37.4 Å². The first-order valence-corrected chi connectivity index (χ1v) is 8.97. The van der Waals surface area contributed by atoms with Gasteiger partial charge in [0.05, 0.1) is 5.56 Å². The molecule has 2 aromatic carbocycles. The Hall–Kier alpha value is -2.42. The van der Waals surface area contributed by atoms with Crippen molar-refractivity contribution >= 4 is 11.7 Å². The van der Waals surface area contributed by atoms with Gasteiger partial charge in [-0.15, -0.1) is 0 Å². The summed E-state index contributed by atoms with van der Waals surface area (Å²) in [6.45, 7) is 7.79. The molecule has 0 atom stereocenters. The zero-order chi connectivity index (χ0) is 18.0. The zero-order valence-corrected chi connectivity index (χ0v) is 15.2. The molecule has 2 aromatic rings. The largest absolute Gasteiger partial charge is 0.339 e. The highest BCUT2D eigenvalue weighted by atomic mass is 16.2. The Morgan fingerprint density at radius 1 is 0.920 bits per heavy atom. The number of hydrogen-bond donors (Lipinski definition) is 0. The molecule has 0 spiro atoms. The van der Waals surface area contributed by atoms with Crippen LogP contribution in [0.5, 0.6) is 0 Å². The summed E-state index contributed by atoms with van der Waals surface area (Å²) in [4.78, 5) is 27.8. The van der Waals surface area contributed by atoms with E-state index in [1.807, 2.05) is 49.1 Å². The molecule has 0 radical (unpaired) electrons. The second-order valence-corrected chi connectivity index (χ2v) is 7.15. The summed E-state index contributed by atoms with van der Waals surface area (Å²) >= 11 is 0. The fourth-order valence-corrected chi connectivity index (χ4v) is 3.29. The molecule has 0 bridgehead atoms. The van der Waals surface area contributed by atoms with Crippen LogP contribution in [0.25, 0.3) is 0 Å². The van der Waals surface area contributed by atoms with Gasteiger partial charge in [0.1, 0.15) is 0 Å². The van der Waals surface area contributed by atoms with E-state index in [4.69, 9.17) is 0 Å². The first kappa shape index (κ1) is 17.4. The number of benzene rings is 2. The van der Waals surface area contributed by atoms with Crippen LogP contribution >= 0.6 is 0 Å². The lowest BCUT2D eigenvalue weighted by Crippen LogP contribution is -2.38. The lowest BCUT2D eigenvalue weighted by Gasteiger charge is -2.30. The summed E-state index contributed by atoms with van der Waals surface area (Å²) in [6, 6.07) is 12.9. The summed E-state index contributed by atoms with van der Waals surface area (Å²) in [5.74, 6) is 0.550. The number of rotatable bonds is 3. The predicted octanol–water partition coefficient (Wildman–Crippen LogP) is 4.41. The van der Waals surface area contributed by atoms with Crippen LogP contribution in [-0.4, -0.2) is 29.7 Å². The first-order valence-electron chi connectivity index (χ1n) is 8.97. The van der Waals surface area contributed by atoms with E-state index in [1.54, 1.807) is 12.1 Å². The van der Waals surface area contributed by atoms with Gasteiger partial charge in [0, 0.05) is 24.2 Å². The van der Waals surface area contributed by atoms with Gasteiger partial charge in [-0.1, -0.05) is 37.3 Å². The second kappa shape index (κ2) is 7.22. The van der Waals surface area contributed by atoms with Crippen molar-refractivity contribution in [2.24, 2.45) is 5.92 Å². The highest BCUT2D eigenvalue weighted by molar-refractivity contribution is 6.15. The van der Waals surface area contributed by atoms with Gasteiger partial charge in [-0.05, 0) is 55.9 Å². The van der Waals surface area contributed by atoms with E-state index in [0.29, 0.717) is 22.6 Å². The van der Waals surface area contributed by atoms with E-state index in [0.717, 1.165) is 37.1 Å². The number of likely N-dealkylation sites (tertiary alicyclic amines) is 1. The van der Waals surface area contributed by atoms with Crippen LogP contribution in [0.15, 0.2) is 42.5 Å². The molecule has 1 fully saturated rings. The summed E-state index contributed by atoms with van der Waals surface area (Å²) in [6.07, 6.45) is 2.05. The van der Waals surface area contributed by atoms with E-state index < -0.39 is 0 Å². The Bertz CT molecular complexity index is 801. The van der Waals surface area contributed by atoms with Crippen molar-refractivity contribution in [1.29, 1.82) is 0 Å². The average molecular weight is 335 g/mol. The number of carbonyl (C=O) groups excluding carboxylic acids is 2. The SMILES string of the molecule is Cc1ccc(C(=O)c2ccccc2C(=O)N2CCC(C)CC2)cc1C. The van der Waals surface area contributed by atoms with Crippen molar-refractivity contribution in [3.8, 4) is 0 Å². The normalized spacial score (nSPS) is 15.2. The molecular weight excluding hydrogens is 310 g/mol. The highest BCUT2D eigenvalue weighted by Gasteiger charge is 2.25. The zero-order valence-electron chi connectivity index (χ0n) is 15.2. The maximum absolute atomic E-state index is 13.0. The number of aryl methyl sites for hydroxylation is 2. The number of carbonyl (C=O) groups is 2. The minimum Gasteiger partial charge on any atom is -0.339 e. The minimum absolute atomic E-state index is 0.0281. The number of amides is 1. The van der Waals surface area contributed by atoms with Crippen LogP contribution in [0, 0.1) is 19.8 Å². The number of piperidine rings is 1. The molecule has 0 unspecified atom stereocenters.